The van der Waals surface area contributed by atoms with Crippen molar-refractivity contribution in [3.05, 3.63) is 35.6 Å². The number of halogens is 1. The lowest BCUT2D eigenvalue weighted by Gasteiger charge is -2.28. The highest BCUT2D eigenvalue weighted by atomic mass is 19.1. The van der Waals surface area contributed by atoms with Crippen LogP contribution in [0.1, 0.15) is 38.2 Å². The average Bonchev–Trinajstić information content (AvgIpc) is 2.97. The SMILES string of the molecule is CC(OC(=O)C1(c2ccccc2F)CCCC1)C(=O)NC(N)=O. The molecule has 1 fully saturated rings. The van der Waals surface area contributed by atoms with E-state index in [9.17, 15) is 18.8 Å². The van der Waals surface area contributed by atoms with Crippen molar-refractivity contribution in [2.24, 2.45) is 5.73 Å². The van der Waals surface area contributed by atoms with Gasteiger partial charge in [-0.25, -0.2) is 9.18 Å². The summed E-state index contributed by atoms with van der Waals surface area (Å²) in [7, 11) is 0. The lowest BCUT2D eigenvalue weighted by Crippen LogP contribution is -2.45. The van der Waals surface area contributed by atoms with Gasteiger partial charge in [-0.05, 0) is 25.8 Å². The van der Waals surface area contributed by atoms with Gasteiger partial charge >= 0.3 is 12.0 Å². The first-order valence-corrected chi connectivity index (χ1v) is 7.43. The van der Waals surface area contributed by atoms with Gasteiger partial charge in [0.2, 0.25) is 0 Å². The van der Waals surface area contributed by atoms with Crippen LogP contribution in [0.2, 0.25) is 0 Å². The third kappa shape index (κ3) is 3.49. The van der Waals surface area contributed by atoms with Gasteiger partial charge in [0.25, 0.3) is 5.91 Å². The Kier molecular flexibility index (Phi) is 4.98. The highest BCUT2D eigenvalue weighted by Gasteiger charge is 2.46. The Bertz CT molecular complexity index is 626. The second-order valence-electron chi connectivity index (χ2n) is 5.67. The van der Waals surface area contributed by atoms with Crippen LogP contribution in [0.15, 0.2) is 24.3 Å². The molecule has 2 rings (SSSR count). The van der Waals surface area contributed by atoms with Crippen LogP contribution in [0.3, 0.4) is 0 Å². The summed E-state index contributed by atoms with van der Waals surface area (Å²) in [6, 6.07) is 5.05. The van der Waals surface area contributed by atoms with Gasteiger partial charge in [-0.2, -0.15) is 0 Å². The fourth-order valence-corrected chi connectivity index (χ4v) is 2.96. The van der Waals surface area contributed by atoms with Crippen molar-refractivity contribution >= 4 is 17.9 Å². The number of primary amides is 1. The molecule has 0 spiro atoms. The number of amides is 3. The van der Waals surface area contributed by atoms with Crippen molar-refractivity contribution in [1.29, 1.82) is 0 Å². The number of carbonyl (C=O) groups is 3. The summed E-state index contributed by atoms with van der Waals surface area (Å²) in [5, 5.41) is 1.85. The van der Waals surface area contributed by atoms with E-state index in [4.69, 9.17) is 10.5 Å². The first-order valence-electron chi connectivity index (χ1n) is 7.43. The van der Waals surface area contributed by atoms with Gasteiger partial charge < -0.3 is 10.5 Å². The van der Waals surface area contributed by atoms with Crippen LogP contribution in [-0.2, 0) is 19.7 Å². The third-order valence-corrected chi connectivity index (χ3v) is 4.14. The Morgan fingerprint density at radius 3 is 2.43 bits per heavy atom. The number of rotatable bonds is 4. The van der Waals surface area contributed by atoms with Gasteiger partial charge in [-0.3, -0.25) is 14.9 Å². The standard InChI is InChI=1S/C16H19FN2O4/c1-10(13(20)19-15(18)22)23-14(21)16(8-4-5-9-16)11-6-2-3-7-12(11)17/h2-3,6-7,10H,4-5,8-9H2,1H3,(H3,18,19,20,22). The average molecular weight is 322 g/mol. The van der Waals surface area contributed by atoms with E-state index >= 15 is 0 Å². The molecule has 0 saturated heterocycles. The maximum absolute atomic E-state index is 14.2. The van der Waals surface area contributed by atoms with Gasteiger partial charge in [0.05, 0.1) is 5.41 Å². The fourth-order valence-electron chi connectivity index (χ4n) is 2.96. The Morgan fingerprint density at radius 2 is 1.87 bits per heavy atom. The van der Waals surface area contributed by atoms with Crippen molar-refractivity contribution in [1.82, 2.24) is 5.32 Å². The molecule has 0 radical (unpaired) electrons. The zero-order valence-electron chi connectivity index (χ0n) is 12.8. The zero-order valence-corrected chi connectivity index (χ0v) is 12.8. The molecule has 1 aliphatic rings. The summed E-state index contributed by atoms with van der Waals surface area (Å²) in [6.45, 7) is 1.33. The Hall–Kier alpha value is -2.44. The van der Waals surface area contributed by atoms with Crippen LogP contribution in [0.5, 0.6) is 0 Å². The van der Waals surface area contributed by atoms with Crippen molar-refractivity contribution in [2.75, 3.05) is 0 Å². The van der Waals surface area contributed by atoms with E-state index in [1.807, 2.05) is 5.32 Å². The van der Waals surface area contributed by atoms with Crippen LogP contribution in [0, 0.1) is 5.82 Å². The molecule has 7 heteroatoms. The number of hydrogen-bond donors (Lipinski definition) is 2. The lowest BCUT2D eigenvalue weighted by atomic mass is 9.78. The number of benzene rings is 1. The van der Waals surface area contributed by atoms with Gasteiger partial charge in [0.15, 0.2) is 6.10 Å². The third-order valence-electron chi connectivity index (χ3n) is 4.14. The van der Waals surface area contributed by atoms with Crippen molar-refractivity contribution in [2.45, 2.75) is 44.1 Å². The predicted molar refractivity (Wildman–Crippen MR) is 79.8 cm³/mol. The summed E-state index contributed by atoms with van der Waals surface area (Å²) in [5.74, 6) is -1.94. The van der Waals surface area contributed by atoms with E-state index in [1.54, 1.807) is 18.2 Å². The molecule has 0 bridgehead atoms. The summed E-state index contributed by atoms with van der Waals surface area (Å²) >= 11 is 0. The first kappa shape index (κ1) is 16.9. The minimum Gasteiger partial charge on any atom is -0.452 e. The topological polar surface area (TPSA) is 98.5 Å². The summed E-state index contributed by atoms with van der Waals surface area (Å²) in [4.78, 5) is 35.0. The Balaban J connectivity index is 2.22. The van der Waals surface area contributed by atoms with Crippen LogP contribution in [0.4, 0.5) is 9.18 Å². The molecular formula is C16H19FN2O4. The molecule has 1 unspecified atom stereocenters. The monoisotopic (exact) mass is 322 g/mol. The maximum atomic E-state index is 14.2. The lowest BCUT2D eigenvalue weighted by molar-refractivity contribution is -0.160. The minimum absolute atomic E-state index is 0.282. The molecule has 1 atom stereocenters. The van der Waals surface area contributed by atoms with Gasteiger partial charge in [-0.15, -0.1) is 0 Å². The fraction of sp³-hybridized carbons (Fsp3) is 0.438. The number of imide groups is 1. The molecule has 23 heavy (non-hydrogen) atoms. The largest absolute Gasteiger partial charge is 0.452 e. The number of nitrogens with two attached hydrogens (primary N) is 1. The second kappa shape index (κ2) is 6.76. The predicted octanol–water partition coefficient (Wildman–Crippen LogP) is 1.76. The highest BCUT2D eigenvalue weighted by Crippen LogP contribution is 2.43. The van der Waals surface area contributed by atoms with E-state index < -0.39 is 35.2 Å². The number of hydrogen-bond acceptors (Lipinski definition) is 4. The number of ether oxygens (including phenoxy) is 1. The molecule has 124 valence electrons. The van der Waals surface area contributed by atoms with E-state index in [-0.39, 0.29) is 5.56 Å². The van der Waals surface area contributed by atoms with Crippen molar-refractivity contribution in [3.63, 3.8) is 0 Å². The number of esters is 1. The summed E-state index contributed by atoms with van der Waals surface area (Å²) in [6.07, 6.45) is 1.25. The quantitative estimate of drug-likeness (QED) is 0.825. The van der Waals surface area contributed by atoms with Gasteiger partial charge in [0.1, 0.15) is 5.82 Å². The second-order valence-corrected chi connectivity index (χ2v) is 5.67. The molecule has 0 heterocycles. The van der Waals surface area contributed by atoms with Crippen molar-refractivity contribution in [3.8, 4) is 0 Å². The number of urea groups is 1. The molecule has 1 aromatic carbocycles. The molecule has 3 amide bonds. The summed E-state index contributed by atoms with van der Waals surface area (Å²) < 4.78 is 19.4. The molecule has 1 saturated carbocycles. The molecule has 1 aromatic rings. The van der Waals surface area contributed by atoms with Crippen molar-refractivity contribution < 1.29 is 23.5 Å². The van der Waals surface area contributed by atoms with E-state index in [1.165, 1.54) is 13.0 Å². The Labute approximate surface area is 133 Å². The maximum Gasteiger partial charge on any atom is 0.318 e. The molecule has 1 aliphatic carbocycles. The van der Waals surface area contributed by atoms with E-state index in [2.05, 4.69) is 0 Å². The molecular weight excluding hydrogens is 303 g/mol. The minimum atomic E-state index is -1.20. The van der Waals surface area contributed by atoms with E-state index in [0.29, 0.717) is 12.8 Å². The zero-order chi connectivity index (χ0) is 17.0. The Morgan fingerprint density at radius 1 is 1.26 bits per heavy atom. The molecule has 3 N–H and O–H groups in total. The summed E-state index contributed by atoms with van der Waals surface area (Å²) in [5.41, 5.74) is 4.05. The van der Waals surface area contributed by atoms with Crippen LogP contribution in [0.25, 0.3) is 0 Å². The van der Waals surface area contributed by atoms with Gasteiger partial charge in [-0.1, -0.05) is 31.0 Å². The van der Waals surface area contributed by atoms with Crippen LogP contribution < -0.4 is 11.1 Å². The number of nitrogens with one attached hydrogen (secondary N) is 1. The molecule has 6 nitrogen and oxygen atoms in total. The normalized spacial score (nSPS) is 17.3. The van der Waals surface area contributed by atoms with Crippen LogP contribution in [-0.4, -0.2) is 24.0 Å². The highest BCUT2D eigenvalue weighted by molar-refractivity contribution is 5.97. The first-order chi connectivity index (χ1) is 10.9. The molecule has 0 aliphatic heterocycles. The molecule has 0 aromatic heterocycles. The van der Waals surface area contributed by atoms with E-state index in [0.717, 1.165) is 12.8 Å². The van der Waals surface area contributed by atoms with Gasteiger partial charge in [0, 0.05) is 5.56 Å². The van der Waals surface area contributed by atoms with Crippen LogP contribution >= 0.6 is 0 Å². The smallest absolute Gasteiger partial charge is 0.318 e. The number of carbonyl (C=O) groups excluding carboxylic acids is 3.